The first-order valence-electron chi connectivity index (χ1n) is 4.53. The Labute approximate surface area is 98.4 Å². The second kappa shape index (κ2) is 4.05. The topological polar surface area (TPSA) is 12.9 Å². The zero-order valence-electron chi connectivity index (χ0n) is 8.05. The maximum Gasteiger partial charge on any atom is 0.433 e. The number of hydrogen-bond donors (Lipinski definition) is 0. The summed E-state index contributed by atoms with van der Waals surface area (Å²) in [4.78, 5) is 3.58. The molecule has 0 unspecified atom stereocenters. The number of hydrogen-bond acceptors (Lipinski definition) is 1. The van der Waals surface area contributed by atoms with Crippen LogP contribution in [0.25, 0.3) is 10.9 Å². The lowest BCUT2D eigenvalue weighted by atomic mass is 10.1. The van der Waals surface area contributed by atoms with Gasteiger partial charge < -0.3 is 0 Å². The third kappa shape index (κ3) is 2.19. The van der Waals surface area contributed by atoms with E-state index in [9.17, 15) is 13.2 Å². The van der Waals surface area contributed by atoms with Gasteiger partial charge in [0.25, 0.3) is 0 Å². The highest BCUT2D eigenvalue weighted by molar-refractivity contribution is 9.08. The summed E-state index contributed by atoms with van der Waals surface area (Å²) in [7, 11) is 0. The largest absolute Gasteiger partial charge is 0.433 e. The lowest BCUT2D eigenvalue weighted by Gasteiger charge is -2.07. The van der Waals surface area contributed by atoms with Crippen molar-refractivity contribution in [3.05, 3.63) is 41.6 Å². The summed E-state index contributed by atoms with van der Waals surface area (Å²) < 4.78 is 37.2. The smallest absolute Gasteiger partial charge is 0.243 e. The first-order chi connectivity index (χ1) is 7.50. The maximum absolute atomic E-state index is 12.4. The van der Waals surface area contributed by atoms with Crippen molar-refractivity contribution in [3.63, 3.8) is 0 Å². The van der Waals surface area contributed by atoms with Crippen molar-refractivity contribution in [2.24, 2.45) is 0 Å². The number of pyridine rings is 1. The average molecular weight is 290 g/mol. The Morgan fingerprint density at radius 2 is 1.88 bits per heavy atom. The first-order valence-corrected chi connectivity index (χ1v) is 5.66. The van der Waals surface area contributed by atoms with E-state index in [1.54, 1.807) is 12.1 Å². The Morgan fingerprint density at radius 1 is 1.12 bits per heavy atom. The molecule has 84 valence electrons. The quantitative estimate of drug-likeness (QED) is 0.719. The van der Waals surface area contributed by atoms with Crippen LogP contribution in [0.3, 0.4) is 0 Å². The minimum absolute atomic E-state index is 0.361. The first kappa shape index (κ1) is 11.4. The predicted octanol–water partition coefficient (Wildman–Crippen LogP) is 4.15. The van der Waals surface area contributed by atoms with E-state index in [0.29, 0.717) is 16.2 Å². The van der Waals surface area contributed by atoms with Crippen molar-refractivity contribution in [3.8, 4) is 0 Å². The van der Waals surface area contributed by atoms with E-state index in [2.05, 4.69) is 20.9 Å². The van der Waals surface area contributed by atoms with Crippen LogP contribution in [0.2, 0.25) is 0 Å². The minimum Gasteiger partial charge on any atom is -0.243 e. The molecule has 0 atom stereocenters. The number of rotatable bonds is 1. The number of fused-ring (bicyclic) bond motifs is 1. The van der Waals surface area contributed by atoms with Crippen LogP contribution in [0.15, 0.2) is 30.3 Å². The fourth-order valence-electron chi connectivity index (χ4n) is 1.42. The normalized spacial score (nSPS) is 12.0. The molecule has 1 nitrogen and oxygen atoms in total. The summed E-state index contributed by atoms with van der Waals surface area (Å²) in [5.41, 5.74) is 0.514. The molecular formula is C11H7BrF3N. The van der Waals surface area contributed by atoms with Crippen LogP contribution in [0.4, 0.5) is 13.2 Å². The molecule has 1 heterocycles. The van der Waals surface area contributed by atoms with E-state index in [1.165, 1.54) is 6.07 Å². The lowest BCUT2D eigenvalue weighted by molar-refractivity contribution is -0.140. The van der Waals surface area contributed by atoms with Crippen molar-refractivity contribution in [2.45, 2.75) is 11.5 Å². The molecule has 0 saturated carbocycles. The molecule has 0 aliphatic rings. The maximum atomic E-state index is 12.4. The van der Waals surface area contributed by atoms with E-state index in [4.69, 9.17) is 0 Å². The highest BCUT2D eigenvalue weighted by Gasteiger charge is 2.32. The molecule has 1 aromatic carbocycles. The zero-order chi connectivity index (χ0) is 11.8. The summed E-state index contributed by atoms with van der Waals surface area (Å²) in [5, 5.41) is 1.38. The van der Waals surface area contributed by atoms with Gasteiger partial charge in [0, 0.05) is 10.7 Å². The van der Waals surface area contributed by atoms with E-state index >= 15 is 0 Å². The molecule has 0 spiro atoms. The third-order valence-corrected chi connectivity index (χ3v) is 2.85. The van der Waals surface area contributed by atoms with Gasteiger partial charge in [-0.3, -0.25) is 0 Å². The minimum atomic E-state index is -4.39. The molecule has 0 aliphatic heterocycles. The van der Waals surface area contributed by atoms with Gasteiger partial charge in [0.15, 0.2) is 0 Å². The van der Waals surface area contributed by atoms with Crippen molar-refractivity contribution in [2.75, 3.05) is 0 Å². The van der Waals surface area contributed by atoms with Gasteiger partial charge in [-0.1, -0.05) is 28.1 Å². The lowest BCUT2D eigenvalue weighted by Crippen LogP contribution is -2.07. The van der Waals surface area contributed by atoms with Crippen LogP contribution in [0.1, 0.15) is 11.3 Å². The highest BCUT2D eigenvalue weighted by atomic mass is 79.9. The van der Waals surface area contributed by atoms with Crippen LogP contribution in [0, 0.1) is 0 Å². The Hall–Kier alpha value is -1.10. The Kier molecular flexibility index (Phi) is 2.88. The van der Waals surface area contributed by atoms with Gasteiger partial charge in [0.1, 0.15) is 5.69 Å². The average Bonchev–Trinajstić information content (AvgIpc) is 2.26. The number of aromatic nitrogens is 1. The van der Waals surface area contributed by atoms with Gasteiger partial charge in [0.05, 0.1) is 5.52 Å². The van der Waals surface area contributed by atoms with Crippen molar-refractivity contribution in [1.29, 1.82) is 0 Å². The molecule has 1 aromatic heterocycles. The van der Waals surface area contributed by atoms with E-state index in [1.807, 2.05) is 6.07 Å². The van der Waals surface area contributed by atoms with Gasteiger partial charge in [0.2, 0.25) is 0 Å². The Balaban J connectivity index is 2.56. The van der Waals surface area contributed by atoms with Gasteiger partial charge >= 0.3 is 6.18 Å². The summed E-state index contributed by atoms with van der Waals surface area (Å²) in [6.45, 7) is 0. The number of alkyl halides is 4. The van der Waals surface area contributed by atoms with Gasteiger partial charge in [-0.15, -0.1) is 0 Å². The molecule has 0 saturated heterocycles. The predicted molar refractivity (Wildman–Crippen MR) is 59.4 cm³/mol. The van der Waals surface area contributed by atoms with Crippen molar-refractivity contribution >= 4 is 26.8 Å². The zero-order valence-corrected chi connectivity index (χ0v) is 9.64. The molecular weight excluding hydrogens is 283 g/mol. The van der Waals surface area contributed by atoms with Crippen molar-refractivity contribution < 1.29 is 13.2 Å². The molecule has 5 heteroatoms. The standard InChI is InChI=1S/C11H7BrF3N/c12-6-7-1-3-9-8(5-7)2-4-10(16-9)11(13,14)15/h1-5H,6H2. The number of benzene rings is 1. The van der Waals surface area contributed by atoms with Crippen LogP contribution < -0.4 is 0 Å². The SMILES string of the molecule is FC(F)(F)c1ccc2cc(CBr)ccc2n1. The molecule has 0 aliphatic carbocycles. The van der Waals surface area contributed by atoms with Gasteiger partial charge in [-0.25, -0.2) is 4.98 Å². The summed E-state index contributed by atoms with van der Waals surface area (Å²) in [5.74, 6) is 0. The Bertz CT molecular complexity index is 522. The molecule has 0 amide bonds. The number of nitrogens with zero attached hydrogens (tertiary/aromatic N) is 1. The van der Waals surface area contributed by atoms with Crippen LogP contribution >= 0.6 is 15.9 Å². The van der Waals surface area contributed by atoms with Gasteiger partial charge in [-0.2, -0.15) is 13.2 Å². The van der Waals surface area contributed by atoms with Gasteiger partial charge in [-0.05, 0) is 23.8 Å². The summed E-state index contributed by atoms with van der Waals surface area (Å²) >= 11 is 3.29. The molecule has 2 rings (SSSR count). The molecule has 0 N–H and O–H groups in total. The second-order valence-corrected chi connectivity index (χ2v) is 3.92. The highest BCUT2D eigenvalue weighted by Crippen LogP contribution is 2.29. The summed E-state index contributed by atoms with van der Waals surface area (Å²) in [6, 6.07) is 7.61. The summed E-state index contributed by atoms with van der Waals surface area (Å²) in [6.07, 6.45) is -4.39. The second-order valence-electron chi connectivity index (χ2n) is 3.35. The Morgan fingerprint density at radius 3 is 2.50 bits per heavy atom. The molecule has 0 bridgehead atoms. The molecule has 0 radical (unpaired) electrons. The molecule has 0 fully saturated rings. The van der Waals surface area contributed by atoms with Crippen LogP contribution in [-0.4, -0.2) is 4.98 Å². The van der Waals surface area contributed by atoms with Crippen LogP contribution in [-0.2, 0) is 11.5 Å². The molecule has 16 heavy (non-hydrogen) atoms. The number of halogens is 4. The van der Waals surface area contributed by atoms with E-state index < -0.39 is 11.9 Å². The monoisotopic (exact) mass is 289 g/mol. The van der Waals surface area contributed by atoms with Crippen molar-refractivity contribution in [1.82, 2.24) is 4.98 Å². The molecule has 2 aromatic rings. The van der Waals surface area contributed by atoms with E-state index in [-0.39, 0.29) is 0 Å². The van der Waals surface area contributed by atoms with Crippen LogP contribution in [0.5, 0.6) is 0 Å². The third-order valence-electron chi connectivity index (χ3n) is 2.20. The van der Waals surface area contributed by atoms with E-state index in [0.717, 1.165) is 11.6 Å². The fourth-order valence-corrected chi connectivity index (χ4v) is 1.76. The fraction of sp³-hybridized carbons (Fsp3) is 0.182.